The van der Waals surface area contributed by atoms with Gasteiger partial charge < -0.3 is 0 Å². The van der Waals surface area contributed by atoms with Gasteiger partial charge in [-0.25, -0.2) is 0 Å². The van der Waals surface area contributed by atoms with Gasteiger partial charge in [-0.1, -0.05) is 13.3 Å². The van der Waals surface area contributed by atoms with Crippen molar-refractivity contribution in [2.45, 2.75) is 51.0 Å². The Morgan fingerprint density at radius 3 is 2.53 bits per heavy atom. The van der Waals surface area contributed by atoms with Crippen molar-refractivity contribution in [2.75, 3.05) is 13.6 Å². The summed E-state index contributed by atoms with van der Waals surface area (Å²) in [6, 6.07) is 2.42. The van der Waals surface area contributed by atoms with E-state index in [4.69, 9.17) is 0 Å². The summed E-state index contributed by atoms with van der Waals surface area (Å²) in [4.78, 5) is 13.3. The molecule has 0 bridgehead atoms. The standard InChI is InChI=1S/C12H20N2O/c1-3-4-9-14(2)12(10-13)7-5-11(15)6-8-12/h3-9H2,1-2H3. The van der Waals surface area contributed by atoms with Crippen LogP contribution in [0.3, 0.4) is 0 Å². The van der Waals surface area contributed by atoms with Gasteiger partial charge in [-0.3, -0.25) is 9.69 Å². The first kappa shape index (κ1) is 12.2. The molecule has 15 heavy (non-hydrogen) atoms. The lowest BCUT2D eigenvalue weighted by molar-refractivity contribution is -0.122. The van der Waals surface area contributed by atoms with Gasteiger partial charge in [0, 0.05) is 12.8 Å². The van der Waals surface area contributed by atoms with Crippen molar-refractivity contribution >= 4 is 5.78 Å². The minimum Gasteiger partial charge on any atom is -0.300 e. The van der Waals surface area contributed by atoms with Crippen molar-refractivity contribution in [1.29, 1.82) is 5.26 Å². The Kier molecular flexibility index (Phi) is 4.28. The molecule has 3 heteroatoms. The second kappa shape index (κ2) is 5.27. The van der Waals surface area contributed by atoms with Gasteiger partial charge >= 0.3 is 0 Å². The molecule has 0 atom stereocenters. The van der Waals surface area contributed by atoms with Gasteiger partial charge in [0.05, 0.1) is 6.07 Å². The predicted octanol–water partition coefficient (Wildman–Crippen LogP) is 2.12. The lowest BCUT2D eigenvalue weighted by Gasteiger charge is -2.38. The van der Waals surface area contributed by atoms with Crippen molar-refractivity contribution in [3.8, 4) is 6.07 Å². The largest absolute Gasteiger partial charge is 0.300 e. The van der Waals surface area contributed by atoms with E-state index < -0.39 is 0 Å². The van der Waals surface area contributed by atoms with Crippen molar-refractivity contribution in [3.05, 3.63) is 0 Å². The maximum Gasteiger partial charge on any atom is 0.133 e. The van der Waals surface area contributed by atoms with Crippen LogP contribution < -0.4 is 0 Å². The minimum absolute atomic E-state index is 0.310. The van der Waals surface area contributed by atoms with Crippen molar-refractivity contribution in [1.82, 2.24) is 4.90 Å². The van der Waals surface area contributed by atoms with Crippen LogP contribution in [0.15, 0.2) is 0 Å². The van der Waals surface area contributed by atoms with Crippen LogP contribution >= 0.6 is 0 Å². The summed E-state index contributed by atoms with van der Waals surface area (Å²) in [5.74, 6) is 0.310. The van der Waals surface area contributed by atoms with E-state index in [1.807, 2.05) is 7.05 Å². The van der Waals surface area contributed by atoms with Crippen LogP contribution in [-0.2, 0) is 4.79 Å². The number of ketones is 1. The molecule has 0 aromatic heterocycles. The molecule has 1 rings (SSSR count). The molecular weight excluding hydrogens is 188 g/mol. The molecule has 0 radical (unpaired) electrons. The SMILES string of the molecule is CCCCN(C)C1(C#N)CCC(=O)CC1. The molecule has 0 aromatic rings. The fourth-order valence-electron chi connectivity index (χ4n) is 2.13. The van der Waals surface area contributed by atoms with E-state index in [-0.39, 0.29) is 5.54 Å². The molecule has 0 amide bonds. The highest BCUT2D eigenvalue weighted by molar-refractivity contribution is 5.79. The molecule has 0 unspecified atom stereocenters. The minimum atomic E-state index is -0.372. The predicted molar refractivity (Wildman–Crippen MR) is 59.4 cm³/mol. The topological polar surface area (TPSA) is 44.1 Å². The van der Waals surface area contributed by atoms with Crippen LogP contribution in [0.25, 0.3) is 0 Å². The highest BCUT2D eigenvalue weighted by Crippen LogP contribution is 2.30. The van der Waals surface area contributed by atoms with Crippen LogP contribution in [0.5, 0.6) is 0 Å². The molecule has 1 fully saturated rings. The third-order valence-electron chi connectivity index (χ3n) is 3.42. The average Bonchev–Trinajstić information content (AvgIpc) is 2.27. The van der Waals surface area contributed by atoms with Gasteiger partial charge in [-0.2, -0.15) is 5.26 Å². The summed E-state index contributed by atoms with van der Waals surface area (Å²) in [6.07, 6.45) is 4.83. The number of nitrogens with zero attached hydrogens (tertiary/aromatic N) is 2. The van der Waals surface area contributed by atoms with E-state index in [0.29, 0.717) is 31.5 Å². The number of hydrogen-bond acceptors (Lipinski definition) is 3. The Balaban J connectivity index is 2.60. The maximum absolute atomic E-state index is 11.2. The zero-order valence-corrected chi connectivity index (χ0v) is 9.75. The number of hydrogen-bond donors (Lipinski definition) is 0. The van der Waals surface area contributed by atoms with E-state index in [2.05, 4.69) is 17.9 Å². The molecule has 84 valence electrons. The zero-order valence-electron chi connectivity index (χ0n) is 9.75. The Hall–Kier alpha value is -0.880. The third-order valence-corrected chi connectivity index (χ3v) is 3.42. The molecule has 0 aliphatic heterocycles. The maximum atomic E-state index is 11.2. The van der Waals surface area contributed by atoms with Crippen molar-refractivity contribution < 1.29 is 4.79 Å². The van der Waals surface area contributed by atoms with Crippen LogP contribution in [0, 0.1) is 11.3 Å². The summed E-state index contributed by atoms with van der Waals surface area (Å²) in [6.45, 7) is 3.11. The molecule has 0 heterocycles. The third kappa shape index (κ3) is 2.79. The highest BCUT2D eigenvalue weighted by Gasteiger charge is 2.38. The van der Waals surface area contributed by atoms with Crippen LogP contribution in [0.1, 0.15) is 45.4 Å². The lowest BCUT2D eigenvalue weighted by atomic mass is 9.81. The van der Waals surface area contributed by atoms with Gasteiger partial charge in [0.15, 0.2) is 0 Å². The molecule has 1 saturated carbocycles. The first-order chi connectivity index (χ1) is 7.14. The molecule has 0 N–H and O–H groups in total. The number of unbranched alkanes of at least 4 members (excludes halogenated alkanes) is 1. The smallest absolute Gasteiger partial charge is 0.133 e. The number of carbonyl (C=O) groups is 1. The van der Waals surface area contributed by atoms with Crippen molar-refractivity contribution in [2.24, 2.45) is 0 Å². The fraction of sp³-hybridized carbons (Fsp3) is 0.833. The van der Waals surface area contributed by atoms with E-state index in [9.17, 15) is 10.1 Å². The number of rotatable bonds is 4. The zero-order chi connectivity index (χ0) is 11.3. The van der Waals surface area contributed by atoms with E-state index in [0.717, 1.165) is 19.4 Å². The van der Waals surface area contributed by atoms with E-state index >= 15 is 0 Å². The quantitative estimate of drug-likeness (QED) is 0.711. The molecule has 1 aliphatic rings. The van der Waals surface area contributed by atoms with E-state index in [1.165, 1.54) is 0 Å². The van der Waals surface area contributed by atoms with Crippen LogP contribution in [-0.4, -0.2) is 29.8 Å². The molecule has 1 aliphatic carbocycles. The van der Waals surface area contributed by atoms with Gasteiger partial charge in [-0.15, -0.1) is 0 Å². The van der Waals surface area contributed by atoms with Gasteiger partial charge in [0.1, 0.15) is 11.3 Å². The molecule has 0 aromatic carbocycles. The number of nitriles is 1. The highest BCUT2D eigenvalue weighted by atomic mass is 16.1. The summed E-state index contributed by atoms with van der Waals surface area (Å²) in [7, 11) is 2.01. The average molecular weight is 208 g/mol. The summed E-state index contributed by atoms with van der Waals surface area (Å²) < 4.78 is 0. The molecule has 3 nitrogen and oxygen atoms in total. The summed E-state index contributed by atoms with van der Waals surface area (Å²) >= 11 is 0. The second-order valence-electron chi connectivity index (χ2n) is 4.46. The first-order valence-corrected chi connectivity index (χ1v) is 5.79. The number of carbonyl (C=O) groups excluding carboxylic acids is 1. The van der Waals surface area contributed by atoms with E-state index in [1.54, 1.807) is 0 Å². The van der Waals surface area contributed by atoms with Gasteiger partial charge in [0.25, 0.3) is 0 Å². The Morgan fingerprint density at radius 2 is 2.07 bits per heavy atom. The Bertz CT molecular complexity index is 257. The Morgan fingerprint density at radius 1 is 1.47 bits per heavy atom. The monoisotopic (exact) mass is 208 g/mol. The first-order valence-electron chi connectivity index (χ1n) is 5.79. The van der Waals surface area contributed by atoms with Gasteiger partial charge in [0.2, 0.25) is 0 Å². The normalized spacial score (nSPS) is 20.3. The van der Waals surface area contributed by atoms with Crippen LogP contribution in [0.4, 0.5) is 0 Å². The van der Waals surface area contributed by atoms with Crippen molar-refractivity contribution in [3.63, 3.8) is 0 Å². The molecule has 0 saturated heterocycles. The summed E-state index contributed by atoms with van der Waals surface area (Å²) in [5, 5.41) is 9.29. The fourth-order valence-corrected chi connectivity index (χ4v) is 2.13. The molecular formula is C12H20N2O. The molecule has 0 spiro atoms. The second-order valence-corrected chi connectivity index (χ2v) is 4.46. The number of Topliss-reactive ketones (excluding diaryl/α,β-unsaturated/α-hetero) is 1. The Labute approximate surface area is 92.1 Å². The summed E-state index contributed by atoms with van der Waals surface area (Å²) in [5.41, 5.74) is -0.372. The lowest BCUT2D eigenvalue weighted by Crippen LogP contribution is -2.48. The van der Waals surface area contributed by atoms with Gasteiger partial charge in [-0.05, 0) is 32.9 Å². The van der Waals surface area contributed by atoms with Crippen LogP contribution in [0.2, 0.25) is 0 Å².